The molecule has 0 aliphatic heterocycles. The Hall–Kier alpha value is -0.610. The zero-order valence-electron chi connectivity index (χ0n) is 12.8. The van der Waals surface area contributed by atoms with Gasteiger partial charge in [-0.25, -0.2) is 0 Å². The number of quaternary nitrogens is 2. The zero-order valence-corrected chi connectivity index (χ0v) is 12.8. The molecule has 0 saturated carbocycles. The summed E-state index contributed by atoms with van der Waals surface area (Å²) in [5.41, 5.74) is -0.427. The predicted molar refractivity (Wildman–Crippen MR) is 70.5 cm³/mol. The Bertz CT molecular complexity index is 260. The van der Waals surface area contributed by atoms with E-state index in [0.717, 1.165) is 22.1 Å². The van der Waals surface area contributed by atoms with Gasteiger partial charge in [-0.3, -0.25) is 4.79 Å². The SMILES string of the molecule is CC(C)(C[N+](C)(C)C)C(=O)OCC[N+](C)(C)C. The van der Waals surface area contributed by atoms with Crippen molar-refractivity contribution in [3.8, 4) is 0 Å². The minimum Gasteiger partial charge on any atom is -0.459 e. The van der Waals surface area contributed by atoms with Crippen LogP contribution in [0.15, 0.2) is 0 Å². The maximum atomic E-state index is 12.0. The van der Waals surface area contributed by atoms with Crippen molar-refractivity contribution < 1.29 is 18.5 Å². The van der Waals surface area contributed by atoms with Gasteiger partial charge in [0.1, 0.15) is 18.6 Å². The van der Waals surface area contributed by atoms with Gasteiger partial charge in [-0.1, -0.05) is 0 Å². The van der Waals surface area contributed by atoms with Crippen LogP contribution < -0.4 is 0 Å². The Kier molecular flexibility index (Phi) is 5.16. The first-order valence-electron chi connectivity index (χ1n) is 6.12. The van der Waals surface area contributed by atoms with Gasteiger partial charge >= 0.3 is 5.97 Å². The van der Waals surface area contributed by atoms with Gasteiger partial charge in [-0.2, -0.15) is 0 Å². The van der Waals surface area contributed by atoms with E-state index in [9.17, 15) is 4.79 Å². The first kappa shape index (κ1) is 16.4. The van der Waals surface area contributed by atoms with Crippen LogP contribution in [-0.2, 0) is 9.53 Å². The van der Waals surface area contributed by atoms with Crippen molar-refractivity contribution in [1.82, 2.24) is 0 Å². The highest BCUT2D eigenvalue weighted by Crippen LogP contribution is 2.20. The summed E-state index contributed by atoms with van der Waals surface area (Å²) in [7, 11) is 12.5. The lowest BCUT2D eigenvalue weighted by atomic mass is 9.92. The number of rotatable bonds is 6. The van der Waals surface area contributed by atoms with Crippen LogP contribution in [0.5, 0.6) is 0 Å². The molecule has 0 fully saturated rings. The topological polar surface area (TPSA) is 26.3 Å². The standard InChI is InChI=1S/C13H30N2O2/c1-13(2,11-15(6,7)8)12(16)17-10-9-14(3,4)5/h9-11H2,1-8H3/q+2. The van der Waals surface area contributed by atoms with E-state index < -0.39 is 5.41 Å². The van der Waals surface area contributed by atoms with Gasteiger partial charge in [-0.05, 0) is 13.8 Å². The summed E-state index contributed by atoms with van der Waals surface area (Å²) in [5, 5.41) is 0. The molecule has 0 aromatic heterocycles. The van der Waals surface area contributed by atoms with E-state index in [1.165, 1.54) is 0 Å². The normalized spacial score (nSPS) is 13.6. The molecule has 0 amide bonds. The van der Waals surface area contributed by atoms with Gasteiger partial charge in [-0.15, -0.1) is 0 Å². The van der Waals surface area contributed by atoms with Crippen LogP contribution in [0.1, 0.15) is 13.8 Å². The third kappa shape index (κ3) is 8.16. The fraction of sp³-hybridized carbons (Fsp3) is 0.923. The van der Waals surface area contributed by atoms with E-state index >= 15 is 0 Å². The summed E-state index contributed by atoms with van der Waals surface area (Å²) in [6.45, 7) is 6.00. The molecule has 0 N–H and O–H groups in total. The van der Waals surface area contributed by atoms with E-state index in [0.29, 0.717) is 6.61 Å². The van der Waals surface area contributed by atoms with E-state index in [1.54, 1.807) is 0 Å². The largest absolute Gasteiger partial charge is 0.459 e. The van der Waals surface area contributed by atoms with Gasteiger partial charge in [0.05, 0.1) is 48.8 Å². The van der Waals surface area contributed by atoms with Crippen molar-refractivity contribution in [3.63, 3.8) is 0 Å². The molecule has 0 bridgehead atoms. The van der Waals surface area contributed by atoms with Crippen molar-refractivity contribution in [2.75, 3.05) is 62.0 Å². The lowest BCUT2D eigenvalue weighted by Crippen LogP contribution is -2.47. The van der Waals surface area contributed by atoms with Crippen molar-refractivity contribution in [2.24, 2.45) is 5.41 Å². The maximum absolute atomic E-state index is 12.0. The summed E-state index contributed by atoms with van der Waals surface area (Å²) in [6.07, 6.45) is 0. The maximum Gasteiger partial charge on any atom is 0.317 e. The Labute approximate surface area is 106 Å². The van der Waals surface area contributed by atoms with Crippen LogP contribution in [0.25, 0.3) is 0 Å². The number of hydrogen-bond acceptors (Lipinski definition) is 2. The number of ether oxygens (including phenoxy) is 1. The molecule has 0 rings (SSSR count). The number of esters is 1. The van der Waals surface area contributed by atoms with Crippen molar-refractivity contribution in [3.05, 3.63) is 0 Å². The molecule has 0 spiro atoms. The Morgan fingerprint density at radius 3 is 1.82 bits per heavy atom. The van der Waals surface area contributed by atoms with Gasteiger partial charge < -0.3 is 13.7 Å². The van der Waals surface area contributed by atoms with Crippen LogP contribution in [-0.4, -0.2) is 76.9 Å². The lowest BCUT2D eigenvalue weighted by molar-refractivity contribution is -0.875. The van der Waals surface area contributed by atoms with Crippen molar-refractivity contribution >= 4 is 5.97 Å². The molecular weight excluding hydrogens is 216 g/mol. The highest BCUT2D eigenvalue weighted by atomic mass is 16.5. The Morgan fingerprint density at radius 1 is 1.00 bits per heavy atom. The first-order valence-corrected chi connectivity index (χ1v) is 6.12. The van der Waals surface area contributed by atoms with Crippen LogP contribution in [0.3, 0.4) is 0 Å². The molecule has 0 aliphatic carbocycles. The van der Waals surface area contributed by atoms with Gasteiger partial charge in [0, 0.05) is 0 Å². The van der Waals surface area contributed by atoms with Gasteiger partial charge in [0.2, 0.25) is 0 Å². The third-order valence-corrected chi connectivity index (χ3v) is 2.42. The quantitative estimate of drug-likeness (QED) is 0.516. The zero-order chi connectivity index (χ0) is 13.9. The van der Waals surface area contributed by atoms with E-state index in [2.05, 4.69) is 42.3 Å². The monoisotopic (exact) mass is 246 g/mol. The second kappa shape index (κ2) is 5.36. The lowest BCUT2D eigenvalue weighted by Gasteiger charge is -2.32. The predicted octanol–water partition coefficient (Wildman–Crippen LogP) is 0.968. The number of likely N-dealkylation sites (N-methyl/N-ethyl adjacent to an activating group) is 1. The fourth-order valence-corrected chi connectivity index (χ4v) is 1.86. The summed E-state index contributed by atoms with van der Waals surface area (Å²) < 4.78 is 6.93. The average Bonchev–Trinajstić information content (AvgIpc) is 1.96. The molecular formula is C13H30N2O2+2. The summed E-state index contributed by atoms with van der Waals surface area (Å²) in [5.74, 6) is -0.0981. The van der Waals surface area contributed by atoms with Crippen molar-refractivity contribution in [1.29, 1.82) is 0 Å². The van der Waals surface area contributed by atoms with Crippen LogP contribution >= 0.6 is 0 Å². The molecule has 0 aromatic carbocycles. The molecule has 0 aromatic rings. The highest BCUT2D eigenvalue weighted by molar-refractivity contribution is 5.76. The molecule has 0 heterocycles. The molecule has 17 heavy (non-hydrogen) atoms. The van der Waals surface area contributed by atoms with E-state index in [4.69, 9.17) is 4.74 Å². The number of carbonyl (C=O) groups excluding carboxylic acids is 1. The van der Waals surface area contributed by atoms with E-state index in [1.807, 2.05) is 13.8 Å². The summed E-state index contributed by atoms with van der Waals surface area (Å²) in [6, 6.07) is 0. The number of nitrogens with zero attached hydrogens (tertiary/aromatic N) is 2. The summed E-state index contributed by atoms with van der Waals surface area (Å²) >= 11 is 0. The minimum atomic E-state index is -0.427. The molecule has 102 valence electrons. The molecule has 0 radical (unpaired) electrons. The van der Waals surface area contributed by atoms with Crippen LogP contribution in [0.4, 0.5) is 0 Å². The number of carbonyl (C=O) groups is 1. The van der Waals surface area contributed by atoms with Crippen molar-refractivity contribution in [2.45, 2.75) is 13.8 Å². The molecule has 0 saturated heterocycles. The number of hydrogen-bond donors (Lipinski definition) is 0. The summed E-state index contributed by atoms with van der Waals surface area (Å²) in [4.78, 5) is 12.0. The average molecular weight is 246 g/mol. The van der Waals surface area contributed by atoms with Crippen LogP contribution in [0, 0.1) is 5.41 Å². The van der Waals surface area contributed by atoms with E-state index in [-0.39, 0.29) is 5.97 Å². The Morgan fingerprint density at radius 2 is 1.47 bits per heavy atom. The minimum absolute atomic E-state index is 0.0981. The van der Waals surface area contributed by atoms with Gasteiger partial charge in [0.15, 0.2) is 0 Å². The molecule has 0 unspecified atom stereocenters. The second-order valence-corrected chi connectivity index (χ2v) is 7.48. The van der Waals surface area contributed by atoms with Crippen LogP contribution in [0.2, 0.25) is 0 Å². The smallest absolute Gasteiger partial charge is 0.317 e. The van der Waals surface area contributed by atoms with Gasteiger partial charge in [0.25, 0.3) is 0 Å². The Balaban J connectivity index is 4.22. The third-order valence-electron chi connectivity index (χ3n) is 2.42. The molecule has 0 aliphatic rings. The fourth-order valence-electron chi connectivity index (χ4n) is 1.86. The molecule has 4 heteroatoms. The molecule has 0 atom stereocenters. The second-order valence-electron chi connectivity index (χ2n) is 7.48. The molecule has 4 nitrogen and oxygen atoms in total. The first-order chi connectivity index (χ1) is 7.33. The highest BCUT2D eigenvalue weighted by Gasteiger charge is 2.35.